The van der Waals surface area contributed by atoms with E-state index in [1.54, 1.807) is 18.4 Å². The summed E-state index contributed by atoms with van der Waals surface area (Å²) in [7, 11) is 1.75. The van der Waals surface area contributed by atoms with E-state index in [4.69, 9.17) is 4.74 Å². The van der Waals surface area contributed by atoms with Crippen molar-refractivity contribution in [2.45, 2.75) is 45.7 Å². The quantitative estimate of drug-likeness (QED) is 0.631. The van der Waals surface area contributed by atoms with Gasteiger partial charge < -0.3 is 9.64 Å². The third kappa shape index (κ3) is 3.46. The van der Waals surface area contributed by atoms with Gasteiger partial charge in [0, 0.05) is 29.4 Å². The van der Waals surface area contributed by atoms with Crippen LogP contribution in [-0.4, -0.2) is 28.4 Å². The lowest BCUT2D eigenvalue weighted by atomic mass is 9.99. The van der Waals surface area contributed by atoms with Crippen LogP contribution in [0, 0.1) is 0 Å². The van der Waals surface area contributed by atoms with Gasteiger partial charge in [0.25, 0.3) is 0 Å². The molecule has 0 N–H and O–H groups in total. The van der Waals surface area contributed by atoms with Crippen molar-refractivity contribution in [3.05, 3.63) is 57.5 Å². The maximum atomic E-state index is 5.55. The van der Waals surface area contributed by atoms with Crippen molar-refractivity contribution >= 4 is 17.3 Å². The number of hydrogen-bond donors (Lipinski definition) is 0. The Labute approximate surface area is 164 Å². The predicted molar refractivity (Wildman–Crippen MR) is 110 cm³/mol. The van der Waals surface area contributed by atoms with Gasteiger partial charge in [-0.05, 0) is 35.9 Å². The lowest BCUT2D eigenvalue weighted by Crippen LogP contribution is -2.33. The molecule has 0 saturated heterocycles. The van der Waals surface area contributed by atoms with Crippen LogP contribution in [0.4, 0.5) is 5.95 Å². The molecule has 3 aromatic rings. The SMILES string of the molecule is CCC(C)c1nnc(N2CCc3c(cccc3OC)C2)n1Cc1cccs1. The van der Waals surface area contributed by atoms with Crippen LogP contribution in [0.1, 0.15) is 48.0 Å². The predicted octanol–water partition coefficient (Wildman–Crippen LogP) is 4.47. The second-order valence-electron chi connectivity index (χ2n) is 7.10. The standard InChI is InChI=1S/C21H26N4OS/c1-4-15(2)20-22-23-21(25(20)14-17-8-6-12-27-17)24-11-10-18-16(13-24)7-5-9-19(18)26-3/h5-9,12,15H,4,10-11,13-14H2,1-3H3. The molecule has 3 heterocycles. The van der Waals surface area contributed by atoms with E-state index < -0.39 is 0 Å². The molecule has 142 valence electrons. The summed E-state index contributed by atoms with van der Waals surface area (Å²) in [5.74, 6) is 3.44. The average molecular weight is 383 g/mol. The van der Waals surface area contributed by atoms with Crippen LogP contribution in [0.5, 0.6) is 5.75 Å². The highest BCUT2D eigenvalue weighted by molar-refractivity contribution is 7.09. The third-order valence-electron chi connectivity index (χ3n) is 5.43. The summed E-state index contributed by atoms with van der Waals surface area (Å²) >= 11 is 1.79. The van der Waals surface area contributed by atoms with E-state index >= 15 is 0 Å². The van der Waals surface area contributed by atoms with Gasteiger partial charge in [0.2, 0.25) is 5.95 Å². The summed E-state index contributed by atoms with van der Waals surface area (Å²) in [5.41, 5.74) is 2.64. The average Bonchev–Trinajstić information content (AvgIpc) is 3.37. The first-order valence-corrected chi connectivity index (χ1v) is 10.4. The molecule has 4 rings (SSSR count). The lowest BCUT2D eigenvalue weighted by molar-refractivity contribution is 0.407. The van der Waals surface area contributed by atoms with Crippen molar-refractivity contribution in [2.75, 3.05) is 18.6 Å². The van der Waals surface area contributed by atoms with Crippen molar-refractivity contribution < 1.29 is 4.74 Å². The fourth-order valence-electron chi connectivity index (χ4n) is 3.73. The van der Waals surface area contributed by atoms with Gasteiger partial charge in [-0.2, -0.15) is 0 Å². The van der Waals surface area contributed by atoms with Gasteiger partial charge in [-0.15, -0.1) is 21.5 Å². The summed E-state index contributed by atoms with van der Waals surface area (Å²) in [4.78, 5) is 3.69. The molecular formula is C21H26N4OS. The van der Waals surface area contributed by atoms with E-state index in [0.717, 1.165) is 50.0 Å². The van der Waals surface area contributed by atoms with Crippen LogP contribution in [0.25, 0.3) is 0 Å². The van der Waals surface area contributed by atoms with Gasteiger partial charge >= 0.3 is 0 Å². The van der Waals surface area contributed by atoms with Gasteiger partial charge in [-0.3, -0.25) is 4.57 Å². The van der Waals surface area contributed by atoms with Gasteiger partial charge in [-0.1, -0.05) is 32.0 Å². The Hall–Kier alpha value is -2.34. The van der Waals surface area contributed by atoms with E-state index in [0.29, 0.717) is 5.92 Å². The van der Waals surface area contributed by atoms with Crippen LogP contribution in [-0.2, 0) is 19.5 Å². The zero-order valence-electron chi connectivity index (χ0n) is 16.2. The van der Waals surface area contributed by atoms with Crippen LogP contribution >= 0.6 is 11.3 Å². The number of fused-ring (bicyclic) bond motifs is 1. The molecule has 1 aliphatic rings. The fourth-order valence-corrected chi connectivity index (χ4v) is 4.43. The van der Waals surface area contributed by atoms with Gasteiger partial charge in [-0.25, -0.2) is 0 Å². The van der Waals surface area contributed by atoms with Crippen LogP contribution < -0.4 is 9.64 Å². The topological polar surface area (TPSA) is 43.2 Å². The first-order chi connectivity index (χ1) is 13.2. The number of aromatic nitrogens is 3. The van der Waals surface area contributed by atoms with Crippen molar-refractivity contribution in [3.63, 3.8) is 0 Å². The number of anilines is 1. The largest absolute Gasteiger partial charge is 0.496 e. The Balaban J connectivity index is 1.68. The Kier molecular flexibility index (Phi) is 5.16. The van der Waals surface area contributed by atoms with E-state index in [1.165, 1.54) is 16.0 Å². The molecule has 1 aliphatic heterocycles. The molecule has 0 bridgehead atoms. The van der Waals surface area contributed by atoms with Gasteiger partial charge in [0.1, 0.15) is 11.6 Å². The molecule has 0 spiro atoms. The lowest BCUT2D eigenvalue weighted by Gasteiger charge is -2.30. The monoisotopic (exact) mass is 382 g/mol. The number of thiophene rings is 1. The number of hydrogen-bond acceptors (Lipinski definition) is 5. The molecule has 0 radical (unpaired) electrons. The number of nitrogens with zero attached hydrogens (tertiary/aromatic N) is 4. The van der Waals surface area contributed by atoms with Crippen molar-refractivity contribution in [1.82, 2.24) is 14.8 Å². The van der Waals surface area contributed by atoms with Crippen molar-refractivity contribution in [1.29, 1.82) is 0 Å². The number of methoxy groups -OCH3 is 1. The van der Waals surface area contributed by atoms with Crippen LogP contribution in [0.2, 0.25) is 0 Å². The summed E-state index contributed by atoms with van der Waals surface area (Å²) < 4.78 is 7.86. The maximum Gasteiger partial charge on any atom is 0.227 e. The molecule has 5 nitrogen and oxygen atoms in total. The van der Waals surface area contributed by atoms with E-state index in [-0.39, 0.29) is 0 Å². The molecule has 0 saturated carbocycles. The third-order valence-corrected chi connectivity index (χ3v) is 6.29. The molecule has 6 heteroatoms. The van der Waals surface area contributed by atoms with Gasteiger partial charge in [0.05, 0.1) is 13.7 Å². The first-order valence-electron chi connectivity index (χ1n) is 9.56. The first kappa shape index (κ1) is 18.0. The molecule has 1 atom stereocenters. The zero-order chi connectivity index (χ0) is 18.8. The highest BCUT2D eigenvalue weighted by Gasteiger charge is 2.25. The highest BCUT2D eigenvalue weighted by Crippen LogP contribution is 2.31. The maximum absolute atomic E-state index is 5.55. The molecule has 0 amide bonds. The molecule has 0 aliphatic carbocycles. The van der Waals surface area contributed by atoms with E-state index in [1.807, 2.05) is 0 Å². The van der Waals surface area contributed by atoms with Crippen LogP contribution in [0.3, 0.4) is 0 Å². The van der Waals surface area contributed by atoms with E-state index in [2.05, 4.69) is 69.2 Å². The molecule has 1 aromatic carbocycles. The van der Waals surface area contributed by atoms with Gasteiger partial charge in [0.15, 0.2) is 0 Å². The smallest absolute Gasteiger partial charge is 0.227 e. The summed E-state index contributed by atoms with van der Waals surface area (Å²) in [6.45, 7) is 7.04. The number of rotatable bonds is 6. The minimum absolute atomic E-state index is 0.392. The van der Waals surface area contributed by atoms with Crippen LogP contribution in [0.15, 0.2) is 35.7 Å². The molecule has 27 heavy (non-hydrogen) atoms. The second-order valence-corrected chi connectivity index (χ2v) is 8.13. The summed E-state index contributed by atoms with van der Waals surface area (Å²) in [5, 5.41) is 11.3. The molecule has 1 unspecified atom stereocenters. The minimum Gasteiger partial charge on any atom is -0.496 e. The highest BCUT2D eigenvalue weighted by atomic mass is 32.1. The molecule has 2 aromatic heterocycles. The zero-order valence-corrected chi connectivity index (χ0v) is 17.0. The number of benzene rings is 1. The molecule has 0 fully saturated rings. The Morgan fingerprint density at radius 3 is 2.85 bits per heavy atom. The molecular weight excluding hydrogens is 356 g/mol. The minimum atomic E-state index is 0.392. The van der Waals surface area contributed by atoms with E-state index in [9.17, 15) is 0 Å². The summed E-state index contributed by atoms with van der Waals surface area (Å²) in [6, 6.07) is 10.6. The Morgan fingerprint density at radius 2 is 2.11 bits per heavy atom. The van der Waals surface area contributed by atoms with Crippen molar-refractivity contribution in [2.24, 2.45) is 0 Å². The normalized spacial score (nSPS) is 14.9. The summed E-state index contributed by atoms with van der Waals surface area (Å²) in [6.07, 6.45) is 2.02. The second kappa shape index (κ2) is 7.72. The Bertz CT molecular complexity index is 903. The fraction of sp³-hybridized carbons (Fsp3) is 0.429. The van der Waals surface area contributed by atoms with Crippen molar-refractivity contribution in [3.8, 4) is 5.75 Å². The number of ether oxygens (including phenoxy) is 1. The Morgan fingerprint density at radius 1 is 1.22 bits per heavy atom.